The van der Waals surface area contributed by atoms with E-state index in [0.717, 1.165) is 32.3 Å². The number of hydrogen-bond acceptors (Lipinski definition) is 9. The SMILES string of the molecule is COc1ccc(CNc2nnc(SCc3nnnn3-c3ccccc3)s2)cc1. The summed E-state index contributed by atoms with van der Waals surface area (Å²) in [6.45, 7) is 0.676. The van der Waals surface area contributed by atoms with Crippen LogP contribution in [0.2, 0.25) is 0 Å². The molecule has 2 aromatic carbocycles. The number of ether oxygens (including phenoxy) is 1. The summed E-state index contributed by atoms with van der Waals surface area (Å²) in [5.74, 6) is 2.21. The second-order valence-corrected chi connectivity index (χ2v) is 7.91. The monoisotopic (exact) mass is 411 g/mol. The molecule has 0 atom stereocenters. The number of hydrogen-bond donors (Lipinski definition) is 1. The Bertz CT molecular complexity index is 1020. The van der Waals surface area contributed by atoms with Gasteiger partial charge in [-0.3, -0.25) is 0 Å². The van der Waals surface area contributed by atoms with Crippen molar-refractivity contribution < 1.29 is 4.74 Å². The third kappa shape index (κ3) is 4.46. The first-order chi connectivity index (χ1) is 13.8. The molecular weight excluding hydrogens is 394 g/mol. The Morgan fingerprint density at radius 1 is 1.04 bits per heavy atom. The highest BCUT2D eigenvalue weighted by Crippen LogP contribution is 2.28. The predicted molar refractivity (Wildman–Crippen MR) is 109 cm³/mol. The summed E-state index contributed by atoms with van der Waals surface area (Å²) in [4.78, 5) is 0. The summed E-state index contributed by atoms with van der Waals surface area (Å²) in [5, 5.41) is 24.5. The van der Waals surface area contributed by atoms with Crippen LogP contribution in [0.5, 0.6) is 5.75 Å². The molecule has 0 saturated carbocycles. The zero-order valence-corrected chi connectivity index (χ0v) is 16.7. The average molecular weight is 412 g/mol. The van der Waals surface area contributed by atoms with Gasteiger partial charge in [0, 0.05) is 6.54 Å². The lowest BCUT2D eigenvalue weighted by atomic mass is 10.2. The first-order valence-electron chi connectivity index (χ1n) is 8.47. The quantitative estimate of drug-likeness (QED) is 0.441. The molecule has 0 fully saturated rings. The first kappa shape index (κ1) is 18.4. The maximum atomic E-state index is 5.17. The van der Waals surface area contributed by atoms with E-state index in [4.69, 9.17) is 4.74 Å². The number of nitrogens with one attached hydrogen (secondary N) is 1. The Hall–Kier alpha value is -2.98. The molecule has 4 aromatic rings. The standard InChI is InChI=1S/C18H17N7OS2/c1-26-15-9-7-13(8-10-15)11-19-17-21-22-18(28-17)27-12-16-20-23-24-25(16)14-5-3-2-4-6-14/h2-10H,11-12H2,1H3,(H,19,21). The molecule has 0 bridgehead atoms. The van der Waals surface area contributed by atoms with Gasteiger partial charge in [0.15, 0.2) is 10.2 Å². The fraction of sp³-hybridized carbons (Fsp3) is 0.167. The highest BCUT2D eigenvalue weighted by molar-refractivity contribution is 8.00. The van der Waals surface area contributed by atoms with Gasteiger partial charge >= 0.3 is 0 Å². The smallest absolute Gasteiger partial charge is 0.206 e. The highest BCUT2D eigenvalue weighted by atomic mass is 32.2. The molecule has 0 aliphatic heterocycles. The fourth-order valence-corrected chi connectivity index (χ4v) is 4.11. The van der Waals surface area contributed by atoms with E-state index in [0.29, 0.717) is 12.3 Å². The third-order valence-corrected chi connectivity index (χ3v) is 5.88. The van der Waals surface area contributed by atoms with Crippen molar-refractivity contribution in [1.82, 2.24) is 30.4 Å². The summed E-state index contributed by atoms with van der Waals surface area (Å²) < 4.78 is 7.76. The maximum Gasteiger partial charge on any atom is 0.206 e. The Morgan fingerprint density at radius 3 is 2.64 bits per heavy atom. The van der Waals surface area contributed by atoms with E-state index in [1.807, 2.05) is 54.6 Å². The summed E-state index contributed by atoms with van der Waals surface area (Å²) in [7, 11) is 1.66. The topological polar surface area (TPSA) is 90.6 Å². The van der Waals surface area contributed by atoms with E-state index in [-0.39, 0.29) is 0 Å². The van der Waals surface area contributed by atoms with Gasteiger partial charge in [-0.05, 0) is 40.3 Å². The summed E-state index contributed by atoms with van der Waals surface area (Å²) in [6, 6.07) is 17.7. The van der Waals surface area contributed by atoms with E-state index in [1.54, 1.807) is 23.6 Å². The molecule has 8 nitrogen and oxygen atoms in total. The van der Waals surface area contributed by atoms with Crippen molar-refractivity contribution in [1.29, 1.82) is 0 Å². The lowest BCUT2D eigenvalue weighted by Crippen LogP contribution is -2.01. The second-order valence-electron chi connectivity index (χ2n) is 5.71. The number of aromatic nitrogens is 6. The number of rotatable bonds is 8. The van der Waals surface area contributed by atoms with E-state index < -0.39 is 0 Å². The van der Waals surface area contributed by atoms with Crippen LogP contribution in [-0.2, 0) is 12.3 Å². The highest BCUT2D eigenvalue weighted by Gasteiger charge is 2.11. The van der Waals surface area contributed by atoms with Gasteiger partial charge in [0.2, 0.25) is 5.13 Å². The molecule has 142 valence electrons. The van der Waals surface area contributed by atoms with Crippen molar-refractivity contribution >= 4 is 28.2 Å². The minimum Gasteiger partial charge on any atom is -0.497 e. The molecule has 0 amide bonds. The number of para-hydroxylation sites is 1. The molecule has 4 rings (SSSR count). The third-order valence-electron chi connectivity index (χ3n) is 3.87. The van der Waals surface area contributed by atoms with Gasteiger partial charge in [0.1, 0.15) is 5.75 Å². The zero-order valence-electron chi connectivity index (χ0n) is 15.0. The average Bonchev–Trinajstić information content (AvgIpc) is 3.41. The van der Waals surface area contributed by atoms with E-state index >= 15 is 0 Å². The van der Waals surface area contributed by atoms with Crippen molar-refractivity contribution in [2.75, 3.05) is 12.4 Å². The molecule has 0 aliphatic rings. The first-order valence-corrected chi connectivity index (χ1v) is 10.3. The van der Waals surface area contributed by atoms with Crippen molar-refractivity contribution in [2.24, 2.45) is 0 Å². The molecule has 0 unspecified atom stereocenters. The lowest BCUT2D eigenvalue weighted by molar-refractivity contribution is 0.414. The van der Waals surface area contributed by atoms with Gasteiger partial charge in [-0.2, -0.15) is 4.68 Å². The van der Waals surface area contributed by atoms with Gasteiger partial charge in [0.25, 0.3) is 0 Å². The number of methoxy groups -OCH3 is 1. The number of nitrogens with zero attached hydrogens (tertiary/aromatic N) is 6. The van der Waals surface area contributed by atoms with Crippen molar-refractivity contribution in [3.63, 3.8) is 0 Å². The minimum atomic E-state index is 0.606. The van der Waals surface area contributed by atoms with Gasteiger partial charge in [-0.15, -0.1) is 15.3 Å². The molecule has 0 spiro atoms. The number of benzene rings is 2. The normalized spacial score (nSPS) is 10.8. The van der Waals surface area contributed by atoms with E-state index in [9.17, 15) is 0 Å². The molecule has 0 radical (unpaired) electrons. The Kier molecular flexibility index (Phi) is 5.78. The lowest BCUT2D eigenvalue weighted by Gasteiger charge is -2.04. The number of tetrazole rings is 1. The van der Waals surface area contributed by atoms with Crippen LogP contribution in [-0.4, -0.2) is 37.5 Å². The molecule has 28 heavy (non-hydrogen) atoms. The molecule has 0 saturated heterocycles. The second kappa shape index (κ2) is 8.81. The van der Waals surface area contributed by atoms with E-state index in [1.165, 1.54) is 11.3 Å². The molecule has 2 aromatic heterocycles. The maximum absolute atomic E-state index is 5.17. The Labute approximate surface area is 170 Å². The van der Waals surface area contributed by atoms with Gasteiger partial charge < -0.3 is 10.1 Å². The molecule has 2 heterocycles. The fourth-order valence-electron chi connectivity index (χ4n) is 2.45. The van der Waals surface area contributed by atoms with Gasteiger partial charge in [-0.1, -0.05) is 53.4 Å². The number of anilines is 1. The van der Waals surface area contributed by atoms with Crippen molar-refractivity contribution in [3.05, 3.63) is 66.0 Å². The van der Waals surface area contributed by atoms with Crippen LogP contribution >= 0.6 is 23.1 Å². The van der Waals surface area contributed by atoms with Crippen LogP contribution in [0, 0.1) is 0 Å². The minimum absolute atomic E-state index is 0.606. The van der Waals surface area contributed by atoms with Crippen LogP contribution in [0.25, 0.3) is 5.69 Å². The summed E-state index contributed by atoms with van der Waals surface area (Å²) >= 11 is 3.07. The molecule has 1 N–H and O–H groups in total. The predicted octanol–water partition coefficient (Wildman–Crippen LogP) is 3.43. The van der Waals surface area contributed by atoms with Crippen molar-refractivity contribution in [2.45, 2.75) is 16.6 Å². The van der Waals surface area contributed by atoms with E-state index in [2.05, 4.69) is 31.0 Å². The molecule has 10 heteroatoms. The van der Waals surface area contributed by atoms with Crippen LogP contribution in [0.1, 0.15) is 11.4 Å². The largest absolute Gasteiger partial charge is 0.497 e. The van der Waals surface area contributed by atoms with Crippen LogP contribution < -0.4 is 10.1 Å². The molecular formula is C18H17N7OS2. The van der Waals surface area contributed by atoms with Crippen LogP contribution in [0.15, 0.2) is 58.9 Å². The number of thioether (sulfide) groups is 1. The Balaban J connectivity index is 1.33. The summed E-state index contributed by atoms with van der Waals surface area (Å²) in [5.41, 5.74) is 2.08. The summed E-state index contributed by atoms with van der Waals surface area (Å²) in [6.07, 6.45) is 0. The van der Waals surface area contributed by atoms with Crippen LogP contribution in [0.3, 0.4) is 0 Å². The molecule has 0 aliphatic carbocycles. The van der Waals surface area contributed by atoms with Crippen molar-refractivity contribution in [3.8, 4) is 11.4 Å². The zero-order chi connectivity index (χ0) is 19.2. The van der Waals surface area contributed by atoms with Crippen LogP contribution in [0.4, 0.5) is 5.13 Å². The Morgan fingerprint density at radius 2 is 1.86 bits per heavy atom. The van der Waals surface area contributed by atoms with Gasteiger partial charge in [-0.25, -0.2) is 0 Å². The van der Waals surface area contributed by atoms with Gasteiger partial charge in [0.05, 0.1) is 18.6 Å².